The van der Waals surface area contributed by atoms with E-state index in [0.717, 1.165) is 48.5 Å². The van der Waals surface area contributed by atoms with Crippen molar-refractivity contribution in [2.24, 2.45) is 0 Å². The van der Waals surface area contributed by atoms with E-state index in [1.54, 1.807) is 49.4 Å². The van der Waals surface area contributed by atoms with Gasteiger partial charge in [0.1, 0.15) is 18.4 Å². The van der Waals surface area contributed by atoms with Crippen LogP contribution in [0, 0.1) is 5.82 Å². The number of hydrogen-bond donors (Lipinski definition) is 1. The van der Waals surface area contributed by atoms with Crippen LogP contribution in [0.3, 0.4) is 0 Å². The summed E-state index contributed by atoms with van der Waals surface area (Å²) in [7, 11) is -4.28. The van der Waals surface area contributed by atoms with Crippen molar-refractivity contribution in [1.29, 1.82) is 0 Å². The lowest BCUT2D eigenvalue weighted by Crippen LogP contribution is -2.53. The highest BCUT2D eigenvalue weighted by molar-refractivity contribution is 7.92. The quantitative estimate of drug-likeness (QED) is 0.293. The molecule has 0 aliphatic heterocycles. The number of nitrogens with one attached hydrogen (secondary N) is 1. The van der Waals surface area contributed by atoms with Crippen LogP contribution in [0.5, 0.6) is 0 Å². The topological polar surface area (TPSA) is 86.8 Å². The van der Waals surface area contributed by atoms with Crippen LogP contribution in [0.15, 0.2) is 77.7 Å². The van der Waals surface area contributed by atoms with Crippen LogP contribution < -0.4 is 9.62 Å². The van der Waals surface area contributed by atoms with Crippen LogP contribution in [0.4, 0.5) is 10.1 Å². The number of sulfonamides is 1. The molecule has 1 atom stereocenters. The molecule has 3 aromatic carbocycles. The number of amides is 2. The minimum absolute atomic E-state index is 0.00519. The summed E-state index contributed by atoms with van der Waals surface area (Å²) in [5.74, 6) is -1.71. The van der Waals surface area contributed by atoms with E-state index in [9.17, 15) is 22.4 Å². The number of benzene rings is 3. The van der Waals surface area contributed by atoms with Crippen LogP contribution in [-0.4, -0.2) is 43.8 Å². The summed E-state index contributed by atoms with van der Waals surface area (Å²) in [5.41, 5.74) is 0.604. The first-order valence-electron chi connectivity index (χ1n) is 13.4. The third kappa shape index (κ3) is 7.58. The number of nitrogens with zero attached hydrogens (tertiary/aromatic N) is 2. The Bertz CT molecular complexity index is 1480. The molecule has 218 valence electrons. The fourth-order valence-electron chi connectivity index (χ4n) is 4.85. The van der Waals surface area contributed by atoms with Gasteiger partial charge in [0.15, 0.2) is 0 Å². The molecule has 0 aromatic heterocycles. The second-order valence-corrected chi connectivity index (χ2v) is 12.7. The first-order valence-corrected chi connectivity index (χ1v) is 15.6. The molecule has 0 unspecified atom stereocenters. The minimum Gasteiger partial charge on any atom is -0.352 e. The van der Waals surface area contributed by atoms with Gasteiger partial charge in [0, 0.05) is 17.6 Å². The van der Waals surface area contributed by atoms with Gasteiger partial charge < -0.3 is 10.2 Å². The van der Waals surface area contributed by atoms with Crippen molar-refractivity contribution in [3.63, 3.8) is 0 Å². The predicted molar refractivity (Wildman–Crippen MR) is 159 cm³/mol. The SMILES string of the molecule is C[C@H](C(=O)NC1CCCCC1)N(Cc1ccccc1Cl)C(=O)CN(c1ccc(F)c(Cl)c1)S(=O)(=O)c1ccccc1. The van der Waals surface area contributed by atoms with Crippen LogP contribution in [0.25, 0.3) is 0 Å². The molecule has 4 rings (SSSR count). The van der Waals surface area contributed by atoms with Crippen molar-refractivity contribution >= 4 is 50.7 Å². The highest BCUT2D eigenvalue weighted by atomic mass is 35.5. The number of hydrogen-bond acceptors (Lipinski definition) is 4. The molecular formula is C30H32Cl2FN3O4S. The number of carbonyl (C=O) groups is 2. The smallest absolute Gasteiger partial charge is 0.264 e. The van der Waals surface area contributed by atoms with Gasteiger partial charge in [0.2, 0.25) is 11.8 Å². The Morgan fingerprint density at radius 1 is 0.951 bits per heavy atom. The van der Waals surface area contributed by atoms with E-state index in [2.05, 4.69) is 5.32 Å². The van der Waals surface area contributed by atoms with Gasteiger partial charge in [-0.25, -0.2) is 12.8 Å². The van der Waals surface area contributed by atoms with Crippen LogP contribution in [0.2, 0.25) is 10.0 Å². The lowest BCUT2D eigenvalue weighted by Gasteiger charge is -2.33. The van der Waals surface area contributed by atoms with Crippen molar-refractivity contribution in [2.45, 2.75) is 62.6 Å². The van der Waals surface area contributed by atoms with E-state index < -0.39 is 34.3 Å². The van der Waals surface area contributed by atoms with Gasteiger partial charge in [-0.05, 0) is 61.7 Å². The van der Waals surface area contributed by atoms with E-state index >= 15 is 0 Å². The normalized spacial score (nSPS) is 14.7. The van der Waals surface area contributed by atoms with Gasteiger partial charge in [0.05, 0.1) is 15.6 Å². The highest BCUT2D eigenvalue weighted by Gasteiger charge is 2.33. The lowest BCUT2D eigenvalue weighted by atomic mass is 9.95. The molecule has 1 fully saturated rings. The summed E-state index contributed by atoms with van der Waals surface area (Å²) in [6, 6.07) is 17.1. The van der Waals surface area contributed by atoms with Crippen LogP contribution in [0.1, 0.15) is 44.6 Å². The average Bonchev–Trinajstić information content (AvgIpc) is 2.97. The van der Waals surface area contributed by atoms with Gasteiger partial charge in [-0.3, -0.25) is 13.9 Å². The summed E-state index contributed by atoms with van der Waals surface area (Å²) in [4.78, 5) is 28.6. The maximum atomic E-state index is 14.0. The van der Waals surface area contributed by atoms with E-state index in [-0.39, 0.29) is 34.1 Å². The van der Waals surface area contributed by atoms with Gasteiger partial charge in [-0.15, -0.1) is 0 Å². The lowest BCUT2D eigenvalue weighted by molar-refractivity contribution is -0.139. The molecule has 0 radical (unpaired) electrons. The molecule has 1 aliphatic carbocycles. The zero-order chi connectivity index (χ0) is 29.6. The van der Waals surface area contributed by atoms with Crippen molar-refractivity contribution < 1.29 is 22.4 Å². The van der Waals surface area contributed by atoms with E-state index in [4.69, 9.17) is 23.2 Å². The van der Waals surface area contributed by atoms with Crippen molar-refractivity contribution in [2.75, 3.05) is 10.8 Å². The molecule has 1 saturated carbocycles. The largest absolute Gasteiger partial charge is 0.352 e. The van der Waals surface area contributed by atoms with Gasteiger partial charge in [0.25, 0.3) is 10.0 Å². The Morgan fingerprint density at radius 2 is 1.61 bits per heavy atom. The monoisotopic (exact) mass is 619 g/mol. The Labute approximate surface area is 250 Å². The second kappa shape index (κ2) is 13.7. The van der Waals surface area contributed by atoms with Gasteiger partial charge >= 0.3 is 0 Å². The van der Waals surface area contributed by atoms with E-state index in [0.29, 0.717) is 10.6 Å². The zero-order valence-corrected chi connectivity index (χ0v) is 24.9. The Kier molecular flexibility index (Phi) is 10.3. The van der Waals surface area contributed by atoms with Crippen LogP contribution >= 0.6 is 23.2 Å². The fraction of sp³-hybridized carbons (Fsp3) is 0.333. The third-order valence-corrected chi connectivity index (χ3v) is 9.67. The Morgan fingerprint density at radius 3 is 2.27 bits per heavy atom. The van der Waals surface area contributed by atoms with Gasteiger partial charge in [-0.1, -0.05) is 78.9 Å². The number of rotatable bonds is 10. The first kappa shape index (κ1) is 30.8. The summed E-state index contributed by atoms with van der Waals surface area (Å²) in [5, 5.41) is 3.16. The van der Waals surface area contributed by atoms with Crippen LogP contribution in [-0.2, 0) is 26.2 Å². The third-order valence-electron chi connectivity index (χ3n) is 7.22. The molecule has 0 spiro atoms. The fourth-order valence-corrected chi connectivity index (χ4v) is 6.65. The molecule has 11 heteroatoms. The number of carbonyl (C=O) groups excluding carboxylic acids is 2. The predicted octanol–water partition coefficient (Wildman–Crippen LogP) is 6.19. The summed E-state index contributed by atoms with van der Waals surface area (Å²) in [6.07, 6.45) is 4.90. The Hall–Kier alpha value is -3.14. The van der Waals surface area contributed by atoms with E-state index in [1.807, 2.05) is 0 Å². The average molecular weight is 621 g/mol. The van der Waals surface area contributed by atoms with Crippen molar-refractivity contribution in [3.05, 3.63) is 94.2 Å². The summed E-state index contributed by atoms with van der Waals surface area (Å²) in [6.45, 7) is 0.920. The first-order chi connectivity index (χ1) is 19.6. The van der Waals surface area contributed by atoms with Gasteiger partial charge in [-0.2, -0.15) is 0 Å². The summed E-state index contributed by atoms with van der Waals surface area (Å²) >= 11 is 12.4. The van der Waals surface area contributed by atoms with Crippen molar-refractivity contribution in [3.8, 4) is 0 Å². The molecule has 2 amide bonds. The molecule has 1 aliphatic rings. The maximum absolute atomic E-state index is 14.0. The summed E-state index contributed by atoms with van der Waals surface area (Å²) < 4.78 is 42.5. The molecule has 3 aromatic rings. The van der Waals surface area contributed by atoms with E-state index in [1.165, 1.54) is 23.1 Å². The number of halogens is 3. The number of anilines is 1. The molecule has 0 saturated heterocycles. The second-order valence-electron chi connectivity index (χ2n) is 10.1. The van der Waals surface area contributed by atoms with Crippen molar-refractivity contribution in [1.82, 2.24) is 10.2 Å². The highest BCUT2D eigenvalue weighted by Crippen LogP contribution is 2.29. The molecule has 41 heavy (non-hydrogen) atoms. The zero-order valence-electron chi connectivity index (χ0n) is 22.6. The molecule has 0 bridgehead atoms. The molecular weight excluding hydrogens is 588 g/mol. The molecule has 0 heterocycles. The Balaban J connectivity index is 1.69. The molecule has 1 N–H and O–H groups in total. The minimum atomic E-state index is -4.28. The molecule has 7 nitrogen and oxygen atoms in total. The maximum Gasteiger partial charge on any atom is 0.264 e. The standard InChI is InChI=1S/C30H32Cl2FN3O4S/c1-21(30(38)34-23-11-4-2-5-12-23)35(19-22-10-8-9-15-26(22)31)29(37)20-36(24-16-17-28(33)27(32)18-24)41(39,40)25-13-6-3-7-14-25/h3,6-10,13-18,21,23H,2,4-5,11-12,19-20H2,1H3,(H,34,38)/t21-/m1/s1.